The van der Waals surface area contributed by atoms with Crippen LogP contribution in [-0.2, 0) is 11.3 Å². The zero-order valence-corrected chi connectivity index (χ0v) is 12.1. The number of ether oxygens (including phenoxy) is 1. The van der Waals surface area contributed by atoms with E-state index in [9.17, 15) is 9.59 Å². The number of nitrogens with zero attached hydrogens (tertiary/aromatic N) is 1. The first-order chi connectivity index (χ1) is 10.0. The fraction of sp³-hybridized carbons (Fsp3) is 0.692. The number of aromatic nitrogens is 2. The van der Waals surface area contributed by atoms with Crippen molar-refractivity contribution in [2.75, 3.05) is 37.9 Å². The maximum atomic E-state index is 11.9. The summed E-state index contributed by atoms with van der Waals surface area (Å²) in [5, 5.41) is 12.1. The molecule has 1 saturated carbocycles. The summed E-state index contributed by atoms with van der Waals surface area (Å²) in [6.45, 7) is 1.28. The molecular weight excluding hydrogens is 276 g/mol. The number of aliphatic hydroxyl groups excluding tert-OH is 1. The van der Waals surface area contributed by atoms with Gasteiger partial charge in [0.15, 0.2) is 0 Å². The van der Waals surface area contributed by atoms with Gasteiger partial charge < -0.3 is 20.9 Å². The first-order valence-corrected chi connectivity index (χ1v) is 6.99. The van der Waals surface area contributed by atoms with Gasteiger partial charge in [0.2, 0.25) is 0 Å². The summed E-state index contributed by atoms with van der Waals surface area (Å²) in [6, 6.07) is 0. The van der Waals surface area contributed by atoms with Crippen molar-refractivity contribution in [3.05, 3.63) is 20.8 Å². The normalized spacial score (nSPS) is 15.9. The molecule has 0 atom stereocenters. The molecule has 1 fully saturated rings. The zero-order chi connectivity index (χ0) is 15.5. The minimum Gasteiger partial charge on any atom is -0.396 e. The van der Waals surface area contributed by atoms with Gasteiger partial charge in [-0.25, -0.2) is 4.79 Å². The molecule has 0 aliphatic heterocycles. The maximum Gasteiger partial charge on any atom is 0.330 e. The number of aliphatic hydroxyl groups is 1. The molecule has 0 unspecified atom stereocenters. The van der Waals surface area contributed by atoms with Crippen LogP contribution >= 0.6 is 0 Å². The summed E-state index contributed by atoms with van der Waals surface area (Å²) < 4.78 is 6.20. The van der Waals surface area contributed by atoms with Crippen LogP contribution in [0.3, 0.4) is 0 Å². The molecule has 0 radical (unpaired) electrons. The molecule has 0 amide bonds. The molecule has 0 spiro atoms. The van der Waals surface area contributed by atoms with E-state index in [2.05, 4.69) is 10.3 Å². The van der Waals surface area contributed by atoms with E-state index < -0.39 is 11.2 Å². The van der Waals surface area contributed by atoms with E-state index in [1.54, 1.807) is 0 Å². The van der Waals surface area contributed by atoms with Crippen LogP contribution < -0.4 is 22.3 Å². The summed E-state index contributed by atoms with van der Waals surface area (Å²) in [6.07, 6.45) is 2.73. The number of nitrogens with one attached hydrogen (secondary N) is 2. The Balaban J connectivity index is 2.19. The molecule has 1 heterocycles. The van der Waals surface area contributed by atoms with Crippen molar-refractivity contribution in [2.45, 2.75) is 25.8 Å². The van der Waals surface area contributed by atoms with Gasteiger partial charge in [-0.15, -0.1) is 0 Å². The number of anilines is 2. The lowest BCUT2D eigenvalue weighted by Crippen LogP contribution is -2.35. The fourth-order valence-electron chi connectivity index (χ4n) is 2.37. The second-order valence-corrected chi connectivity index (χ2v) is 5.49. The molecule has 0 saturated heterocycles. The lowest BCUT2D eigenvalue weighted by molar-refractivity contribution is 0.186. The molecule has 2 rings (SSSR count). The average Bonchev–Trinajstić information content (AvgIpc) is 3.18. The molecule has 1 aliphatic carbocycles. The highest BCUT2D eigenvalue weighted by Crippen LogP contribution is 2.48. The van der Waals surface area contributed by atoms with Crippen LogP contribution in [0.1, 0.15) is 19.3 Å². The number of methoxy groups -OCH3 is 1. The SMILES string of the molecule is COCCn1c(N)c(NCC2(CCO)CC2)c(=O)[nH]c1=O. The predicted molar refractivity (Wildman–Crippen MR) is 79.5 cm³/mol. The van der Waals surface area contributed by atoms with Crippen molar-refractivity contribution in [3.63, 3.8) is 0 Å². The third-order valence-corrected chi connectivity index (χ3v) is 4.00. The fourth-order valence-corrected chi connectivity index (χ4v) is 2.37. The van der Waals surface area contributed by atoms with E-state index >= 15 is 0 Å². The number of rotatable bonds is 8. The Hall–Kier alpha value is -1.80. The third kappa shape index (κ3) is 3.45. The van der Waals surface area contributed by atoms with Crippen molar-refractivity contribution < 1.29 is 9.84 Å². The molecule has 5 N–H and O–H groups in total. The van der Waals surface area contributed by atoms with Crippen molar-refractivity contribution in [2.24, 2.45) is 5.41 Å². The second-order valence-electron chi connectivity index (χ2n) is 5.49. The summed E-state index contributed by atoms with van der Waals surface area (Å²) in [5.41, 5.74) is 5.10. The van der Waals surface area contributed by atoms with Gasteiger partial charge in [0.05, 0.1) is 13.2 Å². The Morgan fingerprint density at radius 3 is 2.76 bits per heavy atom. The zero-order valence-electron chi connectivity index (χ0n) is 12.1. The van der Waals surface area contributed by atoms with Crippen LogP contribution in [0.4, 0.5) is 11.5 Å². The molecule has 21 heavy (non-hydrogen) atoms. The van der Waals surface area contributed by atoms with Crippen molar-refractivity contribution in [1.82, 2.24) is 9.55 Å². The Morgan fingerprint density at radius 1 is 1.48 bits per heavy atom. The molecule has 118 valence electrons. The number of hydrogen-bond donors (Lipinski definition) is 4. The predicted octanol–water partition coefficient (Wildman–Crippen LogP) is -0.660. The summed E-state index contributed by atoms with van der Waals surface area (Å²) in [5.74, 6) is 0.112. The second kappa shape index (κ2) is 6.31. The Morgan fingerprint density at radius 2 is 2.19 bits per heavy atom. The van der Waals surface area contributed by atoms with Crippen molar-refractivity contribution in [3.8, 4) is 0 Å². The lowest BCUT2D eigenvalue weighted by Gasteiger charge is -2.17. The Labute approximate surface area is 121 Å². The largest absolute Gasteiger partial charge is 0.396 e. The minimum absolute atomic E-state index is 0.0428. The topological polar surface area (TPSA) is 122 Å². The molecule has 1 aromatic rings. The highest BCUT2D eigenvalue weighted by molar-refractivity contribution is 5.60. The van der Waals surface area contributed by atoms with Crippen LogP contribution in [0.2, 0.25) is 0 Å². The first-order valence-electron chi connectivity index (χ1n) is 6.99. The van der Waals surface area contributed by atoms with E-state index in [1.807, 2.05) is 0 Å². The number of aromatic amines is 1. The third-order valence-electron chi connectivity index (χ3n) is 4.00. The minimum atomic E-state index is -0.545. The van der Waals surface area contributed by atoms with Crippen molar-refractivity contribution >= 4 is 11.5 Å². The highest BCUT2D eigenvalue weighted by Gasteiger charge is 2.41. The number of nitrogens with two attached hydrogens (primary N) is 1. The van der Waals surface area contributed by atoms with Crippen LogP contribution in [-0.4, -0.2) is 41.5 Å². The first kappa shape index (κ1) is 15.6. The molecule has 1 aliphatic rings. The van der Waals surface area contributed by atoms with Crippen LogP contribution in [0.25, 0.3) is 0 Å². The molecule has 8 nitrogen and oxygen atoms in total. The number of nitrogen functional groups attached to an aromatic ring is 1. The molecule has 1 aromatic heterocycles. The van der Waals surface area contributed by atoms with Gasteiger partial charge in [0.25, 0.3) is 5.56 Å². The Kier molecular flexibility index (Phi) is 4.69. The van der Waals surface area contributed by atoms with E-state index in [0.29, 0.717) is 19.6 Å². The molecule has 0 aromatic carbocycles. The van der Waals surface area contributed by atoms with Gasteiger partial charge in [-0.1, -0.05) is 0 Å². The lowest BCUT2D eigenvalue weighted by atomic mass is 10.0. The van der Waals surface area contributed by atoms with Crippen molar-refractivity contribution in [1.29, 1.82) is 0 Å². The maximum absolute atomic E-state index is 11.9. The van der Waals surface area contributed by atoms with E-state index in [4.69, 9.17) is 15.6 Å². The number of H-pyrrole nitrogens is 1. The van der Waals surface area contributed by atoms with Crippen LogP contribution in [0.5, 0.6) is 0 Å². The summed E-state index contributed by atoms with van der Waals surface area (Å²) in [7, 11) is 1.53. The smallest absolute Gasteiger partial charge is 0.330 e. The van der Waals surface area contributed by atoms with Gasteiger partial charge in [-0.2, -0.15) is 0 Å². The quantitative estimate of drug-likeness (QED) is 0.505. The molecule has 0 bridgehead atoms. The van der Waals surface area contributed by atoms with Gasteiger partial charge in [-0.3, -0.25) is 14.3 Å². The monoisotopic (exact) mass is 298 g/mol. The highest BCUT2D eigenvalue weighted by atomic mass is 16.5. The van der Waals surface area contributed by atoms with Gasteiger partial charge >= 0.3 is 5.69 Å². The number of hydrogen-bond acceptors (Lipinski definition) is 6. The van der Waals surface area contributed by atoms with Gasteiger partial charge in [-0.05, 0) is 24.7 Å². The Bertz CT molecular complexity index is 603. The summed E-state index contributed by atoms with van der Waals surface area (Å²) >= 11 is 0. The summed E-state index contributed by atoms with van der Waals surface area (Å²) in [4.78, 5) is 25.9. The standard InChI is InChI=1S/C13H22N4O4/c1-21-7-5-17-10(14)9(11(19)16-12(17)20)15-8-13(2-3-13)4-6-18/h15,18H,2-8,14H2,1H3,(H,16,19,20). The van der Waals surface area contributed by atoms with E-state index in [0.717, 1.165) is 12.8 Å². The molecular formula is C13H22N4O4. The van der Waals surface area contributed by atoms with Gasteiger partial charge in [0.1, 0.15) is 11.5 Å². The molecule has 8 heteroatoms. The van der Waals surface area contributed by atoms with E-state index in [-0.39, 0.29) is 30.1 Å². The van der Waals surface area contributed by atoms with Crippen LogP contribution in [0.15, 0.2) is 9.59 Å². The average molecular weight is 298 g/mol. The van der Waals surface area contributed by atoms with Crippen LogP contribution in [0, 0.1) is 5.41 Å². The van der Waals surface area contributed by atoms with Gasteiger partial charge in [0, 0.05) is 20.3 Å². The van der Waals surface area contributed by atoms with E-state index in [1.165, 1.54) is 11.7 Å².